The summed E-state index contributed by atoms with van der Waals surface area (Å²) in [4.78, 5) is 4.33. The normalized spacial score (nSPS) is 10.8. The number of nitrogen functional groups attached to an aromatic ring is 1. The van der Waals surface area contributed by atoms with Crippen LogP contribution in [0, 0.1) is 0 Å². The smallest absolute Gasteiger partial charge is 0.134 e. The molecule has 3 N–H and O–H groups in total. The molecule has 2 aromatic heterocycles. The highest BCUT2D eigenvalue weighted by Gasteiger charge is 2.07. The first-order chi connectivity index (χ1) is 9.25. The Kier molecular flexibility index (Phi) is 3.01. The van der Waals surface area contributed by atoms with E-state index in [9.17, 15) is 0 Å². The molecule has 3 rings (SSSR count). The van der Waals surface area contributed by atoms with E-state index in [0.717, 1.165) is 22.4 Å². The number of hydrogen-bond acceptors (Lipinski definition) is 4. The summed E-state index contributed by atoms with van der Waals surface area (Å²) in [6.07, 6.45) is 3.35. The van der Waals surface area contributed by atoms with Crippen molar-refractivity contribution < 1.29 is 4.42 Å². The van der Waals surface area contributed by atoms with Crippen molar-refractivity contribution in [1.82, 2.24) is 4.98 Å². The molecule has 4 nitrogen and oxygen atoms in total. The number of halogens is 1. The molecular weight excluding hydrogens is 262 g/mol. The number of aromatic nitrogens is 1. The van der Waals surface area contributed by atoms with Crippen LogP contribution in [0.4, 0.5) is 11.5 Å². The average Bonchev–Trinajstić information content (AvgIpc) is 2.94. The number of furan rings is 1. The van der Waals surface area contributed by atoms with E-state index in [-0.39, 0.29) is 0 Å². The molecule has 0 aliphatic rings. The molecule has 0 amide bonds. The summed E-state index contributed by atoms with van der Waals surface area (Å²) in [6, 6.07) is 9.30. The molecule has 0 fully saturated rings. The maximum atomic E-state index is 6.02. The third-order valence-electron chi connectivity index (χ3n) is 2.94. The SMILES string of the molecule is Nc1c(Cl)ccc2c(NCc3ccco3)nccc12. The first-order valence-corrected chi connectivity index (χ1v) is 6.22. The molecule has 0 aliphatic carbocycles. The number of anilines is 2. The zero-order valence-corrected chi connectivity index (χ0v) is 10.8. The maximum Gasteiger partial charge on any atom is 0.134 e. The molecule has 5 heteroatoms. The Morgan fingerprint density at radius 3 is 2.89 bits per heavy atom. The zero-order valence-electron chi connectivity index (χ0n) is 10.1. The number of nitrogens with zero attached hydrogens (tertiary/aromatic N) is 1. The zero-order chi connectivity index (χ0) is 13.2. The Labute approximate surface area is 115 Å². The summed E-state index contributed by atoms with van der Waals surface area (Å²) in [6.45, 7) is 0.571. The first-order valence-electron chi connectivity index (χ1n) is 5.84. The van der Waals surface area contributed by atoms with Gasteiger partial charge >= 0.3 is 0 Å². The second kappa shape index (κ2) is 4.82. The molecule has 0 saturated carbocycles. The highest BCUT2D eigenvalue weighted by molar-refractivity contribution is 6.34. The predicted molar refractivity (Wildman–Crippen MR) is 77.2 cm³/mol. The summed E-state index contributed by atoms with van der Waals surface area (Å²) >= 11 is 6.02. The van der Waals surface area contributed by atoms with E-state index in [4.69, 9.17) is 21.8 Å². The maximum absolute atomic E-state index is 6.02. The van der Waals surface area contributed by atoms with Gasteiger partial charge in [0.25, 0.3) is 0 Å². The van der Waals surface area contributed by atoms with Crippen LogP contribution >= 0.6 is 11.6 Å². The minimum Gasteiger partial charge on any atom is -0.467 e. The number of pyridine rings is 1. The fourth-order valence-electron chi connectivity index (χ4n) is 1.98. The van der Waals surface area contributed by atoms with Crippen LogP contribution in [0.1, 0.15) is 5.76 Å². The molecule has 1 aromatic carbocycles. The molecule has 0 spiro atoms. The van der Waals surface area contributed by atoms with E-state index in [0.29, 0.717) is 17.3 Å². The van der Waals surface area contributed by atoms with Crippen molar-refractivity contribution in [3.63, 3.8) is 0 Å². The fourth-order valence-corrected chi connectivity index (χ4v) is 2.14. The average molecular weight is 274 g/mol. The fraction of sp³-hybridized carbons (Fsp3) is 0.0714. The Bertz CT molecular complexity index is 710. The van der Waals surface area contributed by atoms with Gasteiger partial charge in [-0.15, -0.1) is 0 Å². The van der Waals surface area contributed by atoms with Gasteiger partial charge in [-0.2, -0.15) is 0 Å². The van der Waals surface area contributed by atoms with Crippen LogP contribution < -0.4 is 11.1 Å². The summed E-state index contributed by atoms with van der Waals surface area (Å²) in [5.74, 6) is 1.61. The standard InChI is InChI=1S/C14H12ClN3O/c15-12-4-3-11-10(13(12)16)5-6-17-14(11)18-8-9-2-1-7-19-9/h1-7H,8,16H2,(H,17,18). The van der Waals surface area contributed by atoms with Crippen LogP contribution in [0.2, 0.25) is 5.02 Å². The third-order valence-corrected chi connectivity index (χ3v) is 3.27. The number of nitrogens with two attached hydrogens (primary N) is 1. The molecule has 0 unspecified atom stereocenters. The van der Waals surface area contributed by atoms with Crippen molar-refractivity contribution in [2.45, 2.75) is 6.54 Å². The Morgan fingerprint density at radius 1 is 1.21 bits per heavy atom. The minimum absolute atomic E-state index is 0.552. The van der Waals surface area contributed by atoms with Gasteiger partial charge in [0.2, 0.25) is 0 Å². The Hall–Kier alpha value is -2.20. The molecule has 96 valence electrons. The third kappa shape index (κ3) is 2.22. The molecule has 0 radical (unpaired) electrons. The van der Waals surface area contributed by atoms with Gasteiger partial charge in [-0.05, 0) is 30.3 Å². The van der Waals surface area contributed by atoms with Crippen molar-refractivity contribution in [1.29, 1.82) is 0 Å². The van der Waals surface area contributed by atoms with E-state index < -0.39 is 0 Å². The van der Waals surface area contributed by atoms with Crippen LogP contribution in [0.25, 0.3) is 10.8 Å². The molecular formula is C14H12ClN3O. The van der Waals surface area contributed by atoms with Crippen LogP contribution in [-0.2, 0) is 6.54 Å². The topological polar surface area (TPSA) is 64.1 Å². The minimum atomic E-state index is 0.552. The Morgan fingerprint density at radius 2 is 2.11 bits per heavy atom. The second-order valence-corrected chi connectivity index (χ2v) is 4.56. The number of fused-ring (bicyclic) bond motifs is 1. The summed E-state index contributed by atoms with van der Waals surface area (Å²) < 4.78 is 5.27. The van der Waals surface area contributed by atoms with Crippen LogP contribution in [0.3, 0.4) is 0 Å². The molecule has 0 bridgehead atoms. The van der Waals surface area contributed by atoms with Crippen LogP contribution in [-0.4, -0.2) is 4.98 Å². The van der Waals surface area contributed by atoms with Crippen LogP contribution in [0.5, 0.6) is 0 Å². The monoisotopic (exact) mass is 273 g/mol. The van der Waals surface area contributed by atoms with Crippen molar-refractivity contribution in [2.75, 3.05) is 11.1 Å². The number of nitrogens with one attached hydrogen (secondary N) is 1. The van der Waals surface area contributed by atoms with Gasteiger partial charge in [0.05, 0.1) is 23.5 Å². The Balaban J connectivity index is 1.97. The van der Waals surface area contributed by atoms with Crippen molar-refractivity contribution >= 4 is 33.9 Å². The van der Waals surface area contributed by atoms with Crippen molar-refractivity contribution in [3.8, 4) is 0 Å². The van der Waals surface area contributed by atoms with Gasteiger partial charge in [0, 0.05) is 17.0 Å². The van der Waals surface area contributed by atoms with E-state index in [1.807, 2.05) is 24.3 Å². The largest absolute Gasteiger partial charge is 0.467 e. The molecule has 3 aromatic rings. The van der Waals surface area contributed by atoms with E-state index >= 15 is 0 Å². The lowest BCUT2D eigenvalue weighted by Crippen LogP contribution is -2.01. The van der Waals surface area contributed by atoms with E-state index in [2.05, 4.69) is 10.3 Å². The van der Waals surface area contributed by atoms with Crippen molar-refractivity contribution in [3.05, 3.63) is 53.6 Å². The number of hydrogen-bond donors (Lipinski definition) is 2. The molecule has 2 heterocycles. The highest BCUT2D eigenvalue weighted by atomic mass is 35.5. The lowest BCUT2D eigenvalue weighted by molar-refractivity contribution is 0.518. The number of rotatable bonds is 3. The lowest BCUT2D eigenvalue weighted by atomic mass is 10.1. The lowest BCUT2D eigenvalue weighted by Gasteiger charge is -2.09. The van der Waals surface area contributed by atoms with Gasteiger partial charge in [-0.1, -0.05) is 11.6 Å². The highest BCUT2D eigenvalue weighted by Crippen LogP contribution is 2.31. The summed E-state index contributed by atoms with van der Waals surface area (Å²) in [5, 5.41) is 5.62. The molecule has 19 heavy (non-hydrogen) atoms. The van der Waals surface area contributed by atoms with Gasteiger partial charge in [0.1, 0.15) is 11.6 Å². The molecule has 0 saturated heterocycles. The van der Waals surface area contributed by atoms with Gasteiger partial charge in [-0.25, -0.2) is 4.98 Å². The molecule has 0 aliphatic heterocycles. The second-order valence-electron chi connectivity index (χ2n) is 4.15. The summed E-state index contributed by atoms with van der Waals surface area (Å²) in [5.41, 5.74) is 6.54. The molecule has 0 atom stereocenters. The quantitative estimate of drug-likeness (QED) is 0.715. The van der Waals surface area contributed by atoms with Gasteiger partial charge < -0.3 is 15.5 Å². The van der Waals surface area contributed by atoms with E-state index in [1.54, 1.807) is 18.5 Å². The van der Waals surface area contributed by atoms with Crippen LogP contribution in [0.15, 0.2) is 47.2 Å². The van der Waals surface area contributed by atoms with E-state index in [1.165, 1.54) is 0 Å². The van der Waals surface area contributed by atoms with Crippen molar-refractivity contribution in [2.24, 2.45) is 0 Å². The predicted octanol–water partition coefficient (Wildman–Crippen LogP) is 3.68. The number of benzene rings is 1. The summed E-state index contributed by atoms with van der Waals surface area (Å²) in [7, 11) is 0. The van der Waals surface area contributed by atoms with Gasteiger partial charge in [0.15, 0.2) is 0 Å². The van der Waals surface area contributed by atoms with Gasteiger partial charge in [-0.3, -0.25) is 0 Å². The first kappa shape index (κ1) is 11.9.